The van der Waals surface area contributed by atoms with Gasteiger partial charge in [0.05, 0.1) is 22.4 Å². The van der Waals surface area contributed by atoms with Crippen LogP contribution in [0.1, 0.15) is 6.42 Å². The fraction of sp³-hybridized carbons (Fsp3) is 0.538. The van der Waals surface area contributed by atoms with Crippen molar-refractivity contribution in [1.82, 2.24) is 5.32 Å². The van der Waals surface area contributed by atoms with Crippen LogP contribution in [0.3, 0.4) is 0 Å². The summed E-state index contributed by atoms with van der Waals surface area (Å²) in [6.07, 6.45) is 0.858. The lowest BCUT2D eigenvalue weighted by atomic mass is 10.0. The molecule has 0 radical (unpaired) electrons. The number of hydrogen-bond acceptors (Lipinski definition) is 4. The number of ether oxygens (including phenoxy) is 1. The van der Waals surface area contributed by atoms with E-state index in [0.29, 0.717) is 13.2 Å². The molecule has 0 aliphatic carbocycles. The first-order valence-electron chi connectivity index (χ1n) is 6.37. The predicted octanol–water partition coefficient (Wildman–Crippen LogP) is 2.39. The summed E-state index contributed by atoms with van der Waals surface area (Å²) in [6, 6.07) is 4.53. The smallest absolute Gasteiger partial charge is 0.182 e. The van der Waals surface area contributed by atoms with Crippen molar-refractivity contribution in [2.75, 3.05) is 26.0 Å². The average Bonchev–Trinajstić information content (AvgIpc) is 2.89. The lowest BCUT2D eigenvalue weighted by molar-refractivity contribution is 0.179. The molecule has 112 valence electrons. The maximum atomic E-state index is 12.6. The molecule has 0 aromatic heterocycles. The van der Waals surface area contributed by atoms with E-state index in [9.17, 15) is 8.42 Å². The minimum absolute atomic E-state index is 0.0162. The van der Waals surface area contributed by atoms with Crippen LogP contribution in [0.25, 0.3) is 0 Å². The second-order valence-electron chi connectivity index (χ2n) is 4.85. The first-order chi connectivity index (χ1) is 9.45. The third-order valence-electron chi connectivity index (χ3n) is 3.53. The molecule has 2 unspecified atom stereocenters. The SMILES string of the molecule is CNC(CS(=O)(=O)c1c(Cl)cccc1Cl)C1CCOC1. The quantitative estimate of drug-likeness (QED) is 0.896. The lowest BCUT2D eigenvalue weighted by Gasteiger charge is -2.22. The van der Waals surface area contributed by atoms with Gasteiger partial charge in [-0.15, -0.1) is 0 Å². The second kappa shape index (κ2) is 6.62. The Morgan fingerprint density at radius 2 is 2.05 bits per heavy atom. The van der Waals surface area contributed by atoms with Crippen LogP contribution in [0.2, 0.25) is 10.0 Å². The first-order valence-corrected chi connectivity index (χ1v) is 8.78. The van der Waals surface area contributed by atoms with Gasteiger partial charge >= 0.3 is 0 Å². The van der Waals surface area contributed by atoms with Gasteiger partial charge in [0.25, 0.3) is 0 Å². The normalized spacial score (nSPS) is 21.1. The molecule has 20 heavy (non-hydrogen) atoms. The molecule has 0 saturated carbocycles. The maximum Gasteiger partial charge on any atom is 0.182 e. The van der Waals surface area contributed by atoms with Gasteiger partial charge in [-0.1, -0.05) is 29.3 Å². The van der Waals surface area contributed by atoms with Crippen molar-refractivity contribution >= 4 is 33.0 Å². The van der Waals surface area contributed by atoms with E-state index in [1.165, 1.54) is 12.1 Å². The monoisotopic (exact) mass is 337 g/mol. The summed E-state index contributed by atoms with van der Waals surface area (Å²) >= 11 is 12.0. The molecular formula is C13H17Cl2NO3S. The number of benzene rings is 1. The van der Waals surface area contributed by atoms with Gasteiger partial charge in [0, 0.05) is 18.6 Å². The summed E-state index contributed by atoms with van der Waals surface area (Å²) in [5.41, 5.74) is 0. The summed E-state index contributed by atoms with van der Waals surface area (Å²) in [7, 11) is -1.80. The van der Waals surface area contributed by atoms with Gasteiger partial charge < -0.3 is 10.1 Å². The molecule has 1 aromatic carbocycles. The molecule has 1 N–H and O–H groups in total. The molecule has 1 heterocycles. The van der Waals surface area contributed by atoms with Crippen molar-refractivity contribution in [2.45, 2.75) is 17.4 Å². The molecular weight excluding hydrogens is 321 g/mol. The molecule has 1 saturated heterocycles. The molecule has 0 spiro atoms. The Kier molecular flexibility index (Phi) is 5.31. The molecule has 7 heteroatoms. The van der Waals surface area contributed by atoms with Gasteiger partial charge in [-0.25, -0.2) is 8.42 Å². The third-order valence-corrected chi connectivity index (χ3v) is 6.25. The summed E-state index contributed by atoms with van der Waals surface area (Å²) < 4.78 is 30.4. The van der Waals surface area contributed by atoms with E-state index in [2.05, 4.69) is 5.32 Å². The summed E-state index contributed by atoms with van der Waals surface area (Å²) in [6.45, 7) is 1.26. The van der Waals surface area contributed by atoms with Gasteiger partial charge in [0.1, 0.15) is 4.90 Å². The highest BCUT2D eigenvalue weighted by atomic mass is 35.5. The molecule has 4 nitrogen and oxygen atoms in total. The Labute approximate surface area is 129 Å². The van der Waals surface area contributed by atoms with Gasteiger partial charge in [-0.05, 0) is 25.6 Å². The zero-order valence-electron chi connectivity index (χ0n) is 11.1. The van der Waals surface area contributed by atoms with Crippen LogP contribution < -0.4 is 5.32 Å². The lowest BCUT2D eigenvalue weighted by Crippen LogP contribution is -2.40. The second-order valence-corrected chi connectivity index (χ2v) is 7.64. The van der Waals surface area contributed by atoms with Gasteiger partial charge in [0.15, 0.2) is 9.84 Å². The van der Waals surface area contributed by atoms with Crippen molar-refractivity contribution in [1.29, 1.82) is 0 Å². The highest BCUT2D eigenvalue weighted by molar-refractivity contribution is 7.91. The van der Waals surface area contributed by atoms with Crippen LogP contribution in [-0.2, 0) is 14.6 Å². The van der Waals surface area contributed by atoms with Crippen molar-refractivity contribution in [3.05, 3.63) is 28.2 Å². The minimum Gasteiger partial charge on any atom is -0.381 e. The van der Waals surface area contributed by atoms with Crippen molar-refractivity contribution < 1.29 is 13.2 Å². The number of nitrogens with one attached hydrogen (secondary N) is 1. The molecule has 1 aliphatic heterocycles. The van der Waals surface area contributed by atoms with E-state index in [-0.39, 0.29) is 32.7 Å². The van der Waals surface area contributed by atoms with Crippen LogP contribution in [0.5, 0.6) is 0 Å². The third kappa shape index (κ3) is 3.46. The van der Waals surface area contributed by atoms with Crippen LogP contribution in [0.15, 0.2) is 23.1 Å². The largest absolute Gasteiger partial charge is 0.381 e. The first kappa shape index (κ1) is 16.0. The fourth-order valence-electron chi connectivity index (χ4n) is 2.42. The summed E-state index contributed by atoms with van der Waals surface area (Å²) in [5, 5.41) is 3.39. The summed E-state index contributed by atoms with van der Waals surface area (Å²) in [4.78, 5) is 0.0162. The van der Waals surface area contributed by atoms with Gasteiger partial charge in [0.2, 0.25) is 0 Å². The van der Waals surface area contributed by atoms with Crippen LogP contribution >= 0.6 is 23.2 Å². The summed E-state index contributed by atoms with van der Waals surface area (Å²) in [5.74, 6) is 0.150. The zero-order valence-corrected chi connectivity index (χ0v) is 13.4. The fourth-order valence-corrected chi connectivity index (χ4v) is 5.34. The van der Waals surface area contributed by atoms with Crippen LogP contribution in [0, 0.1) is 5.92 Å². The maximum absolute atomic E-state index is 12.6. The van der Waals surface area contributed by atoms with E-state index < -0.39 is 9.84 Å². The minimum atomic E-state index is -3.55. The molecule has 0 bridgehead atoms. The standard InChI is InChI=1S/C13H17Cl2NO3S/c1-16-12(9-5-6-19-7-9)8-20(17,18)13-10(14)3-2-4-11(13)15/h2-4,9,12,16H,5-8H2,1H3. The topological polar surface area (TPSA) is 55.4 Å². The highest BCUT2D eigenvalue weighted by Gasteiger charge is 2.31. The van der Waals surface area contributed by atoms with Crippen LogP contribution in [-0.4, -0.2) is 40.5 Å². The number of rotatable bonds is 5. The van der Waals surface area contributed by atoms with Gasteiger partial charge in [-0.2, -0.15) is 0 Å². The highest BCUT2D eigenvalue weighted by Crippen LogP contribution is 2.31. The molecule has 1 aromatic rings. The molecule has 1 fully saturated rings. The average molecular weight is 338 g/mol. The van der Waals surface area contributed by atoms with Crippen molar-refractivity contribution in [3.8, 4) is 0 Å². The Morgan fingerprint density at radius 3 is 2.55 bits per heavy atom. The molecule has 1 aliphatic rings. The molecule has 2 rings (SSSR count). The molecule has 2 atom stereocenters. The predicted molar refractivity (Wildman–Crippen MR) is 80.3 cm³/mol. The number of hydrogen-bond donors (Lipinski definition) is 1. The van der Waals surface area contributed by atoms with Crippen LogP contribution in [0.4, 0.5) is 0 Å². The van der Waals surface area contributed by atoms with Crippen molar-refractivity contribution in [2.24, 2.45) is 5.92 Å². The Balaban J connectivity index is 2.26. The zero-order chi connectivity index (χ0) is 14.8. The van der Waals surface area contributed by atoms with E-state index >= 15 is 0 Å². The Bertz CT molecular complexity index is 551. The molecule has 0 amide bonds. The van der Waals surface area contributed by atoms with E-state index in [0.717, 1.165) is 6.42 Å². The Hall–Kier alpha value is -0.330. The van der Waals surface area contributed by atoms with Crippen molar-refractivity contribution in [3.63, 3.8) is 0 Å². The number of sulfone groups is 1. The van der Waals surface area contributed by atoms with E-state index in [1.54, 1.807) is 13.1 Å². The van der Waals surface area contributed by atoms with E-state index in [1.807, 2.05) is 0 Å². The van der Waals surface area contributed by atoms with Gasteiger partial charge in [-0.3, -0.25) is 0 Å². The van der Waals surface area contributed by atoms with E-state index in [4.69, 9.17) is 27.9 Å². The number of halogens is 2. The Morgan fingerprint density at radius 1 is 1.40 bits per heavy atom.